The van der Waals surface area contributed by atoms with E-state index in [0.717, 1.165) is 0 Å². The summed E-state index contributed by atoms with van der Waals surface area (Å²) in [4.78, 5) is 0. The molecule has 0 aliphatic carbocycles. The summed E-state index contributed by atoms with van der Waals surface area (Å²) in [6, 6.07) is 0. The van der Waals surface area contributed by atoms with Crippen LogP contribution in [0.2, 0.25) is 0 Å². The van der Waals surface area contributed by atoms with Gasteiger partial charge in [0.25, 0.3) is 0 Å². The lowest BCUT2D eigenvalue weighted by Crippen LogP contribution is -1.86. The van der Waals surface area contributed by atoms with Crippen molar-refractivity contribution >= 4 is 0 Å². The molecule has 0 aliphatic rings. The van der Waals surface area contributed by atoms with Gasteiger partial charge < -0.3 is 0 Å². The number of rotatable bonds is 6. The Balaban J connectivity index is 4.07. The Hall–Kier alpha value is -0.520. The fraction of sp³-hybridized carbons (Fsp3) is 0.692. The van der Waals surface area contributed by atoms with E-state index in [9.17, 15) is 0 Å². The summed E-state index contributed by atoms with van der Waals surface area (Å²) in [7, 11) is 0. The highest BCUT2D eigenvalue weighted by molar-refractivity contribution is 5.26. The van der Waals surface area contributed by atoms with Gasteiger partial charge in [0.1, 0.15) is 0 Å². The van der Waals surface area contributed by atoms with Crippen molar-refractivity contribution in [3.63, 3.8) is 0 Å². The van der Waals surface area contributed by atoms with Crippen molar-refractivity contribution in [2.45, 2.75) is 59.8 Å². The fourth-order valence-corrected chi connectivity index (χ4v) is 1.36. The lowest BCUT2D eigenvalue weighted by molar-refractivity contribution is 0.786. The minimum atomic E-state index is 1.19. The Labute approximate surface area is 83.7 Å². The van der Waals surface area contributed by atoms with E-state index in [0.29, 0.717) is 0 Å². The first-order valence-corrected chi connectivity index (χ1v) is 5.46. The van der Waals surface area contributed by atoms with Gasteiger partial charge in [-0.2, -0.15) is 0 Å². The number of unbranched alkanes of at least 4 members (excludes halogenated alkanes) is 2. The number of allylic oxidation sites excluding steroid dienone is 4. The average molecular weight is 179 g/mol. The summed E-state index contributed by atoms with van der Waals surface area (Å²) in [5, 5.41) is 0. The summed E-state index contributed by atoms with van der Waals surface area (Å²) in [6.07, 6.45) is 11.8. The largest absolute Gasteiger partial charge is 0.0813 e. The maximum absolute atomic E-state index is 3.29. The summed E-state index contributed by atoms with van der Waals surface area (Å²) in [5.74, 6) is 0. The Morgan fingerprint density at radius 2 is 1.92 bits per heavy atom. The molecule has 75 valence electrons. The molecule has 1 radical (unpaired) electrons. The highest BCUT2D eigenvalue weighted by Gasteiger charge is 1.97. The highest BCUT2D eigenvalue weighted by atomic mass is 14.0. The number of hydrogen-bond acceptors (Lipinski definition) is 0. The van der Waals surface area contributed by atoms with Gasteiger partial charge in [-0.05, 0) is 44.8 Å². The predicted molar refractivity (Wildman–Crippen MR) is 60.6 cm³/mol. The van der Waals surface area contributed by atoms with Crippen molar-refractivity contribution in [1.29, 1.82) is 0 Å². The van der Waals surface area contributed by atoms with E-state index in [1.54, 1.807) is 0 Å². The van der Waals surface area contributed by atoms with Crippen LogP contribution in [0, 0.1) is 6.08 Å². The lowest BCUT2D eigenvalue weighted by Gasteiger charge is -2.06. The maximum atomic E-state index is 3.29. The van der Waals surface area contributed by atoms with Crippen LogP contribution in [0.1, 0.15) is 59.8 Å². The number of hydrogen-bond donors (Lipinski definition) is 0. The molecule has 0 atom stereocenters. The molecule has 0 aromatic heterocycles. The SMILES string of the molecule is C/[C]=C(\CCCC)C(C)=CCCC. The molecule has 0 nitrogen and oxygen atoms in total. The summed E-state index contributed by atoms with van der Waals surface area (Å²) in [5.41, 5.74) is 2.84. The minimum absolute atomic E-state index is 1.19. The zero-order chi connectivity index (χ0) is 10.1. The highest BCUT2D eigenvalue weighted by Crippen LogP contribution is 2.16. The van der Waals surface area contributed by atoms with Crippen molar-refractivity contribution in [3.8, 4) is 0 Å². The summed E-state index contributed by atoms with van der Waals surface area (Å²) in [6.45, 7) is 8.68. The second kappa shape index (κ2) is 8.10. The quantitative estimate of drug-likeness (QED) is 0.520. The maximum Gasteiger partial charge on any atom is -0.0274 e. The summed E-state index contributed by atoms with van der Waals surface area (Å²) >= 11 is 0. The van der Waals surface area contributed by atoms with Gasteiger partial charge in [-0.3, -0.25) is 0 Å². The van der Waals surface area contributed by atoms with Crippen LogP contribution in [0.15, 0.2) is 17.2 Å². The van der Waals surface area contributed by atoms with Gasteiger partial charge in [-0.15, -0.1) is 0 Å². The zero-order valence-corrected chi connectivity index (χ0v) is 9.61. The van der Waals surface area contributed by atoms with Crippen LogP contribution in [0.5, 0.6) is 0 Å². The van der Waals surface area contributed by atoms with Crippen LogP contribution in [0.25, 0.3) is 0 Å². The molecular weight excluding hydrogens is 156 g/mol. The van der Waals surface area contributed by atoms with E-state index in [-0.39, 0.29) is 0 Å². The van der Waals surface area contributed by atoms with E-state index in [1.165, 1.54) is 43.3 Å². The van der Waals surface area contributed by atoms with Crippen LogP contribution in [0.4, 0.5) is 0 Å². The first-order chi connectivity index (χ1) is 6.26. The van der Waals surface area contributed by atoms with E-state index in [4.69, 9.17) is 0 Å². The molecule has 0 aliphatic heterocycles. The van der Waals surface area contributed by atoms with Crippen molar-refractivity contribution < 1.29 is 0 Å². The molecule has 0 saturated heterocycles. The topological polar surface area (TPSA) is 0 Å². The fourth-order valence-electron chi connectivity index (χ4n) is 1.36. The van der Waals surface area contributed by atoms with E-state index < -0.39 is 0 Å². The molecular formula is C13H23. The third kappa shape index (κ3) is 5.68. The summed E-state index contributed by atoms with van der Waals surface area (Å²) < 4.78 is 0. The van der Waals surface area contributed by atoms with Crippen LogP contribution in [0.3, 0.4) is 0 Å². The van der Waals surface area contributed by atoms with Crippen LogP contribution < -0.4 is 0 Å². The first kappa shape index (κ1) is 12.5. The van der Waals surface area contributed by atoms with Crippen molar-refractivity contribution in [2.75, 3.05) is 0 Å². The van der Waals surface area contributed by atoms with Gasteiger partial charge in [-0.25, -0.2) is 0 Å². The molecule has 0 aromatic carbocycles. The molecule has 0 fully saturated rings. The normalized spacial score (nSPS) is 13.5. The average Bonchev–Trinajstić information content (AvgIpc) is 2.16. The molecule has 0 heteroatoms. The molecule has 0 saturated carbocycles. The monoisotopic (exact) mass is 179 g/mol. The smallest absolute Gasteiger partial charge is 0.0274 e. The van der Waals surface area contributed by atoms with Gasteiger partial charge in [0, 0.05) is 0 Å². The van der Waals surface area contributed by atoms with Crippen LogP contribution >= 0.6 is 0 Å². The zero-order valence-electron chi connectivity index (χ0n) is 9.61. The second-order valence-corrected chi connectivity index (χ2v) is 3.51. The Morgan fingerprint density at radius 3 is 2.38 bits per heavy atom. The lowest BCUT2D eigenvalue weighted by atomic mass is 10.0. The van der Waals surface area contributed by atoms with Crippen LogP contribution in [-0.2, 0) is 0 Å². The Bertz CT molecular complexity index is 172. The molecule has 0 amide bonds. The van der Waals surface area contributed by atoms with E-state index in [1.807, 2.05) is 6.92 Å². The van der Waals surface area contributed by atoms with Gasteiger partial charge in [0.2, 0.25) is 0 Å². The third-order valence-corrected chi connectivity index (χ3v) is 2.30. The minimum Gasteiger partial charge on any atom is -0.0813 e. The van der Waals surface area contributed by atoms with Gasteiger partial charge >= 0.3 is 0 Å². The Morgan fingerprint density at radius 1 is 1.23 bits per heavy atom. The van der Waals surface area contributed by atoms with E-state index >= 15 is 0 Å². The molecule has 0 rings (SSSR count). The van der Waals surface area contributed by atoms with Gasteiger partial charge in [0.15, 0.2) is 0 Å². The third-order valence-electron chi connectivity index (χ3n) is 2.30. The van der Waals surface area contributed by atoms with Crippen molar-refractivity contribution in [2.24, 2.45) is 0 Å². The van der Waals surface area contributed by atoms with Gasteiger partial charge in [-0.1, -0.05) is 38.3 Å². The van der Waals surface area contributed by atoms with Crippen molar-refractivity contribution in [3.05, 3.63) is 23.3 Å². The molecule has 0 spiro atoms. The predicted octanol–water partition coefficient (Wildman–Crippen LogP) is 4.67. The Kier molecular flexibility index (Phi) is 7.77. The van der Waals surface area contributed by atoms with E-state index in [2.05, 4.69) is 32.9 Å². The molecule has 13 heavy (non-hydrogen) atoms. The molecule has 0 unspecified atom stereocenters. The van der Waals surface area contributed by atoms with Crippen LogP contribution in [-0.4, -0.2) is 0 Å². The molecule has 0 aromatic rings. The molecule has 0 N–H and O–H groups in total. The van der Waals surface area contributed by atoms with Gasteiger partial charge in [0.05, 0.1) is 0 Å². The molecule has 0 bridgehead atoms. The second-order valence-electron chi connectivity index (χ2n) is 3.51. The molecule has 0 heterocycles. The van der Waals surface area contributed by atoms with Crippen molar-refractivity contribution in [1.82, 2.24) is 0 Å². The standard InChI is InChI=1S/C13H23/c1-5-8-10-12(4)13(7-3)11-9-6-2/h10H,5-6,8-9,11H2,1-4H3. The first-order valence-electron chi connectivity index (χ1n) is 5.46.